The standard InChI is InChI=1S/C27H29F4N7O3S/c1-37-12-16(26(35-37)40-3)25(39)32-11-20-34-24(36-41-20)23-15(10-27(29,30)31)14-5-4-6-17(22(14)42-23)33-18-9-13-7-8-19(21(18)28)38(13)2/h4-6,12-13,18-19,21,33H,7-11H2,1-3H3,(H,32,39). The van der Waals surface area contributed by atoms with Gasteiger partial charge >= 0.3 is 6.18 Å². The van der Waals surface area contributed by atoms with Gasteiger partial charge in [0.05, 0.1) is 41.4 Å². The van der Waals surface area contributed by atoms with E-state index in [9.17, 15) is 18.0 Å². The second-order valence-electron chi connectivity index (χ2n) is 10.7. The summed E-state index contributed by atoms with van der Waals surface area (Å²) in [5.41, 5.74) is 0.790. The number of alkyl halides is 4. The molecule has 1 aromatic carbocycles. The van der Waals surface area contributed by atoms with Crippen LogP contribution in [-0.4, -0.2) is 75.4 Å². The Bertz CT molecular complexity index is 1620. The minimum Gasteiger partial charge on any atom is -0.479 e. The van der Waals surface area contributed by atoms with Crippen molar-refractivity contribution < 1.29 is 31.6 Å². The van der Waals surface area contributed by atoms with E-state index in [1.165, 1.54) is 18.0 Å². The van der Waals surface area contributed by atoms with Crippen LogP contribution in [0.5, 0.6) is 5.88 Å². The third-order valence-corrected chi connectivity index (χ3v) is 9.29. The third-order valence-electron chi connectivity index (χ3n) is 8.01. The van der Waals surface area contributed by atoms with Gasteiger partial charge in [-0.2, -0.15) is 18.2 Å². The zero-order valence-corrected chi connectivity index (χ0v) is 23.9. The van der Waals surface area contributed by atoms with Crippen molar-refractivity contribution in [2.24, 2.45) is 7.05 Å². The van der Waals surface area contributed by atoms with E-state index in [1.54, 1.807) is 25.2 Å². The zero-order valence-electron chi connectivity index (χ0n) is 23.0. The molecular weight excluding hydrogens is 578 g/mol. The highest BCUT2D eigenvalue weighted by Gasteiger charge is 2.46. The number of nitrogens with one attached hydrogen (secondary N) is 2. The summed E-state index contributed by atoms with van der Waals surface area (Å²) in [6.07, 6.45) is -2.97. The van der Waals surface area contributed by atoms with Crippen LogP contribution in [0.3, 0.4) is 0 Å². The van der Waals surface area contributed by atoms with Crippen molar-refractivity contribution in [3.63, 3.8) is 0 Å². The number of aromatic nitrogens is 4. The number of halogens is 4. The molecule has 5 heterocycles. The Labute approximate surface area is 242 Å². The Balaban J connectivity index is 1.28. The summed E-state index contributed by atoms with van der Waals surface area (Å²) in [6, 6.07) is 4.71. The molecule has 0 spiro atoms. The number of ether oxygens (including phenoxy) is 1. The van der Waals surface area contributed by atoms with Gasteiger partial charge in [-0.3, -0.25) is 14.4 Å². The lowest BCUT2D eigenvalue weighted by Crippen LogP contribution is -2.53. The molecule has 4 unspecified atom stereocenters. The van der Waals surface area contributed by atoms with Crippen LogP contribution in [0.4, 0.5) is 23.2 Å². The summed E-state index contributed by atoms with van der Waals surface area (Å²) in [4.78, 5) is 19.2. The van der Waals surface area contributed by atoms with Gasteiger partial charge in [-0.15, -0.1) is 16.4 Å². The number of methoxy groups -OCH3 is 1. The number of carbonyl (C=O) groups excluding carboxylic acids is 1. The SMILES string of the molecule is COc1nn(C)cc1C(=O)NCc1nc(-c2sc3c(NC4CC5CCC(C4F)N5C)cccc3c2CC(F)(F)F)no1. The Hall–Kier alpha value is -3.72. The molecule has 1 amide bonds. The van der Waals surface area contributed by atoms with E-state index in [0.717, 1.165) is 24.2 Å². The number of piperidine rings is 1. The van der Waals surface area contributed by atoms with Crippen LogP contribution in [-0.2, 0) is 20.0 Å². The van der Waals surface area contributed by atoms with Gasteiger partial charge in [0.15, 0.2) is 0 Å². The number of amides is 1. The number of anilines is 1. The Morgan fingerprint density at radius 2 is 2.07 bits per heavy atom. The number of benzene rings is 1. The lowest BCUT2D eigenvalue weighted by atomic mass is 9.95. The second kappa shape index (κ2) is 10.8. The van der Waals surface area contributed by atoms with Gasteiger partial charge in [0.1, 0.15) is 11.7 Å². The van der Waals surface area contributed by atoms with Crippen molar-refractivity contribution in [1.29, 1.82) is 0 Å². The monoisotopic (exact) mass is 607 g/mol. The zero-order chi connectivity index (χ0) is 29.8. The van der Waals surface area contributed by atoms with Crippen molar-refractivity contribution >= 4 is 33.0 Å². The first-order valence-corrected chi connectivity index (χ1v) is 14.3. The van der Waals surface area contributed by atoms with E-state index in [-0.39, 0.29) is 52.2 Å². The molecule has 15 heteroatoms. The quantitative estimate of drug-likeness (QED) is 0.277. The highest BCUT2D eigenvalue weighted by atomic mass is 32.1. The molecule has 2 fully saturated rings. The van der Waals surface area contributed by atoms with Gasteiger partial charge in [0.25, 0.3) is 5.91 Å². The summed E-state index contributed by atoms with van der Waals surface area (Å²) in [5.74, 6) is -0.370. The number of rotatable bonds is 8. The van der Waals surface area contributed by atoms with Crippen molar-refractivity contribution in [3.8, 4) is 16.6 Å². The van der Waals surface area contributed by atoms with E-state index >= 15 is 4.39 Å². The Morgan fingerprint density at radius 3 is 2.83 bits per heavy atom. The van der Waals surface area contributed by atoms with Gasteiger partial charge in [-0.25, -0.2) is 4.39 Å². The van der Waals surface area contributed by atoms with Crippen LogP contribution in [0.15, 0.2) is 28.9 Å². The molecule has 4 atom stereocenters. The molecule has 0 aliphatic carbocycles. The van der Waals surface area contributed by atoms with Gasteiger partial charge in [-0.05, 0) is 43.3 Å². The Kier molecular flexibility index (Phi) is 7.33. The number of carbonyl (C=O) groups is 1. The van der Waals surface area contributed by atoms with Crippen molar-refractivity contribution in [2.75, 3.05) is 19.5 Å². The molecule has 2 saturated heterocycles. The van der Waals surface area contributed by atoms with E-state index in [0.29, 0.717) is 22.2 Å². The number of hydrogen-bond donors (Lipinski definition) is 2. The lowest BCUT2D eigenvalue weighted by molar-refractivity contribution is -0.126. The summed E-state index contributed by atoms with van der Waals surface area (Å²) in [7, 11) is 4.98. The first-order chi connectivity index (χ1) is 20.0. The lowest BCUT2D eigenvalue weighted by Gasteiger charge is -2.39. The Morgan fingerprint density at radius 1 is 1.26 bits per heavy atom. The fourth-order valence-electron chi connectivity index (χ4n) is 6.02. The van der Waals surface area contributed by atoms with Gasteiger partial charge < -0.3 is 19.9 Å². The molecule has 4 aromatic rings. The predicted molar refractivity (Wildman–Crippen MR) is 147 cm³/mol. The molecule has 2 aliphatic rings. The number of aryl methyl sites for hydroxylation is 1. The molecule has 0 saturated carbocycles. The first-order valence-electron chi connectivity index (χ1n) is 13.4. The molecule has 0 radical (unpaired) electrons. The largest absolute Gasteiger partial charge is 0.479 e. The molecule has 6 rings (SSSR count). The summed E-state index contributed by atoms with van der Waals surface area (Å²) in [5, 5.41) is 14.3. The van der Waals surface area contributed by atoms with Gasteiger partial charge in [-0.1, -0.05) is 17.3 Å². The fourth-order valence-corrected chi connectivity index (χ4v) is 7.25. The summed E-state index contributed by atoms with van der Waals surface area (Å²) >= 11 is 1.10. The van der Waals surface area contributed by atoms with Gasteiger partial charge in [0, 0.05) is 25.3 Å². The summed E-state index contributed by atoms with van der Waals surface area (Å²) in [6.45, 7) is -0.160. The van der Waals surface area contributed by atoms with E-state index in [4.69, 9.17) is 9.26 Å². The molecule has 2 aliphatic heterocycles. The molecular formula is C27H29F4N7O3S. The number of hydrogen-bond acceptors (Lipinski definition) is 9. The van der Waals surface area contributed by atoms with Crippen LogP contribution in [0.2, 0.25) is 0 Å². The van der Waals surface area contributed by atoms with E-state index in [1.807, 2.05) is 7.05 Å². The maximum absolute atomic E-state index is 15.4. The topological polar surface area (TPSA) is 110 Å². The molecule has 3 aromatic heterocycles. The van der Waals surface area contributed by atoms with E-state index < -0.39 is 30.7 Å². The fraction of sp³-hybridized carbons (Fsp3) is 0.481. The normalized spacial score (nSPS) is 22.5. The van der Waals surface area contributed by atoms with Crippen molar-refractivity contribution in [3.05, 3.63) is 41.4 Å². The molecule has 2 N–H and O–H groups in total. The maximum atomic E-state index is 15.4. The van der Waals surface area contributed by atoms with Gasteiger partial charge in [0.2, 0.25) is 17.6 Å². The highest BCUT2D eigenvalue weighted by Crippen LogP contribution is 2.45. The van der Waals surface area contributed by atoms with Crippen molar-refractivity contribution in [1.82, 2.24) is 30.1 Å². The molecule has 42 heavy (non-hydrogen) atoms. The van der Waals surface area contributed by atoms with Crippen LogP contribution < -0.4 is 15.4 Å². The van der Waals surface area contributed by atoms with Crippen LogP contribution in [0, 0.1) is 0 Å². The first kappa shape index (κ1) is 28.4. The molecule has 10 nitrogen and oxygen atoms in total. The molecule has 224 valence electrons. The maximum Gasteiger partial charge on any atom is 0.393 e. The average Bonchev–Trinajstić information content (AvgIpc) is 3.70. The molecule has 2 bridgehead atoms. The summed E-state index contributed by atoms with van der Waals surface area (Å²) < 4.78 is 69.0. The number of thiophene rings is 1. The van der Waals surface area contributed by atoms with Crippen LogP contribution in [0.25, 0.3) is 20.8 Å². The second-order valence-corrected chi connectivity index (χ2v) is 11.7. The highest BCUT2D eigenvalue weighted by molar-refractivity contribution is 7.23. The minimum atomic E-state index is -4.49. The average molecular weight is 608 g/mol. The van der Waals surface area contributed by atoms with Crippen LogP contribution in [0.1, 0.15) is 41.1 Å². The van der Waals surface area contributed by atoms with E-state index in [2.05, 4.69) is 30.8 Å². The predicted octanol–water partition coefficient (Wildman–Crippen LogP) is 4.71. The minimum absolute atomic E-state index is 0.0112. The van der Waals surface area contributed by atoms with Crippen LogP contribution >= 0.6 is 11.3 Å². The third kappa shape index (κ3) is 5.30. The smallest absolute Gasteiger partial charge is 0.393 e. The number of fused-ring (bicyclic) bond motifs is 3. The van der Waals surface area contributed by atoms with Crippen molar-refractivity contribution in [2.45, 2.75) is 62.7 Å². The number of nitrogens with zero attached hydrogens (tertiary/aromatic N) is 5.